The van der Waals surface area contributed by atoms with Gasteiger partial charge in [-0.3, -0.25) is 0 Å². The van der Waals surface area contributed by atoms with Crippen LogP contribution in [0.4, 0.5) is 0 Å². The highest BCUT2D eigenvalue weighted by atomic mass is 79.9. The van der Waals surface area contributed by atoms with Crippen LogP contribution in [-0.2, 0) is 9.84 Å². The fourth-order valence-electron chi connectivity index (χ4n) is 2.25. The van der Waals surface area contributed by atoms with Crippen molar-refractivity contribution in [2.45, 2.75) is 4.90 Å². The van der Waals surface area contributed by atoms with Crippen LogP contribution < -0.4 is 0 Å². The molecule has 20 heavy (non-hydrogen) atoms. The Morgan fingerprint density at radius 3 is 2.25 bits per heavy atom. The average molecular weight is 347 g/mol. The number of benzene rings is 2. The molecule has 0 aliphatic carbocycles. The second-order valence-electron chi connectivity index (χ2n) is 4.43. The molecule has 0 aromatic heterocycles. The van der Waals surface area contributed by atoms with Gasteiger partial charge in [0.15, 0.2) is 9.84 Å². The summed E-state index contributed by atoms with van der Waals surface area (Å²) < 4.78 is 25.3. The number of fused-ring (bicyclic) bond motifs is 1. The van der Waals surface area contributed by atoms with Crippen LogP contribution in [0.15, 0.2) is 75.5 Å². The Kier molecular flexibility index (Phi) is 3.36. The third-order valence-corrected chi connectivity index (χ3v) is 5.28. The molecule has 0 amide bonds. The molecule has 0 saturated heterocycles. The van der Waals surface area contributed by atoms with Gasteiger partial charge in [0.05, 0.1) is 4.90 Å². The van der Waals surface area contributed by atoms with E-state index in [1.54, 1.807) is 18.2 Å². The fourth-order valence-corrected chi connectivity index (χ4v) is 4.21. The van der Waals surface area contributed by atoms with Crippen LogP contribution in [0.25, 0.3) is 5.57 Å². The van der Waals surface area contributed by atoms with Gasteiger partial charge in [-0.1, -0.05) is 64.5 Å². The first-order valence-electron chi connectivity index (χ1n) is 6.07. The van der Waals surface area contributed by atoms with Crippen LogP contribution in [0.1, 0.15) is 11.1 Å². The molecule has 2 nitrogen and oxygen atoms in total. The molecule has 0 bridgehead atoms. The van der Waals surface area contributed by atoms with Crippen molar-refractivity contribution in [2.75, 3.05) is 0 Å². The van der Waals surface area contributed by atoms with Crippen molar-refractivity contribution >= 4 is 31.3 Å². The minimum absolute atomic E-state index is 0.338. The SMILES string of the molecule is O=S1(=O)C=CC(Br)=C(c2ccccc2)c2ccccc21. The second kappa shape index (κ2) is 5.04. The summed E-state index contributed by atoms with van der Waals surface area (Å²) in [6, 6.07) is 16.8. The van der Waals surface area contributed by atoms with Crippen LogP contribution in [-0.4, -0.2) is 8.42 Å². The summed E-state index contributed by atoms with van der Waals surface area (Å²) in [7, 11) is -3.40. The highest BCUT2D eigenvalue weighted by Gasteiger charge is 2.22. The summed E-state index contributed by atoms with van der Waals surface area (Å²) in [6.07, 6.45) is 1.59. The van der Waals surface area contributed by atoms with Crippen molar-refractivity contribution in [3.8, 4) is 0 Å². The highest BCUT2D eigenvalue weighted by molar-refractivity contribution is 9.12. The molecule has 0 saturated carbocycles. The van der Waals surface area contributed by atoms with Crippen molar-refractivity contribution in [2.24, 2.45) is 0 Å². The van der Waals surface area contributed by atoms with E-state index in [-0.39, 0.29) is 0 Å². The van der Waals surface area contributed by atoms with E-state index in [0.717, 1.165) is 21.2 Å². The quantitative estimate of drug-likeness (QED) is 0.777. The lowest BCUT2D eigenvalue weighted by molar-refractivity contribution is 0.604. The molecular formula is C16H11BrO2S. The lowest BCUT2D eigenvalue weighted by Crippen LogP contribution is -2.00. The molecular weight excluding hydrogens is 336 g/mol. The molecule has 0 unspecified atom stereocenters. The van der Waals surface area contributed by atoms with Gasteiger partial charge in [0.2, 0.25) is 0 Å². The van der Waals surface area contributed by atoms with Crippen LogP contribution >= 0.6 is 15.9 Å². The lowest BCUT2D eigenvalue weighted by atomic mass is 9.97. The largest absolute Gasteiger partial charge is 0.219 e. The molecule has 3 rings (SSSR count). The van der Waals surface area contributed by atoms with E-state index in [1.165, 1.54) is 5.41 Å². The molecule has 0 atom stereocenters. The molecule has 0 N–H and O–H groups in total. The number of hydrogen-bond donors (Lipinski definition) is 0. The standard InChI is InChI=1S/C16H11BrO2S/c17-14-10-11-20(18,19)15-9-5-4-8-13(15)16(14)12-6-2-1-3-7-12/h1-11H. The Balaban J connectivity index is 2.37. The lowest BCUT2D eigenvalue weighted by Gasteiger charge is -2.12. The summed E-state index contributed by atoms with van der Waals surface area (Å²) in [5.74, 6) is 0. The van der Waals surface area contributed by atoms with E-state index in [4.69, 9.17) is 0 Å². The van der Waals surface area contributed by atoms with Crippen molar-refractivity contribution in [1.29, 1.82) is 0 Å². The molecule has 100 valence electrons. The smallest absolute Gasteiger partial charge is 0.200 e. The summed E-state index contributed by atoms with van der Waals surface area (Å²) in [6.45, 7) is 0. The minimum atomic E-state index is -3.40. The Hall–Kier alpha value is -1.65. The van der Waals surface area contributed by atoms with Crippen LogP contribution in [0.3, 0.4) is 0 Å². The van der Waals surface area contributed by atoms with Gasteiger partial charge in [0.25, 0.3) is 0 Å². The minimum Gasteiger partial charge on any atom is -0.219 e. The Bertz CT molecular complexity index is 819. The van der Waals surface area contributed by atoms with Gasteiger partial charge in [0, 0.05) is 21.0 Å². The van der Waals surface area contributed by atoms with E-state index in [2.05, 4.69) is 15.9 Å². The van der Waals surface area contributed by atoms with Crippen molar-refractivity contribution in [1.82, 2.24) is 0 Å². The first-order valence-corrected chi connectivity index (χ1v) is 8.41. The van der Waals surface area contributed by atoms with E-state index in [0.29, 0.717) is 4.90 Å². The molecule has 4 heteroatoms. The zero-order valence-electron chi connectivity index (χ0n) is 10.5. The van der Waals surface area contributed by atoms with Crippen LogP contribution in [0, 0.1) is 0 Å². The number of halogens is 1. The third-order valence-electron chi connectivity index (χ3n) is 3.16. The average Bonchev–Trinajstić information content (AvgIpc) is 2.56. The maximum Gasteiger partial charge on any atom is 0.200 e. The molecule has 1 aliphatic rings. The Labute approximate surface area is 126 Å². The summed E-state index contributed by atoms with van der Waals surface area (Å²) >= 11 is 3.49. The van der Waals surface area contributed by atoms with Crippen LogP contribution in [0.2, 0.25) is 0 Å². The number of sulfone groups is 1. The van der Waals surface area contributed by atoms with Gasteiger partial charge in [-0.2, -0.15) is 0 Å². The predicted octanol–water partition coefficient (Wildman–Crippen LogP) is 4.14. The molecule has 2 aromatic carbocycles. The van der Waals surface area contributed by atoms with Gasteiger partial charge in [-0.15, -0.1) is 0 Å². The van der Waals surface area contributed by atoms with E-state index < -0.39 is 9.84 Å². The van der Waals surface area contributed by atoms with E-state index in [1.807, 2.05) is 42.5 Å². The number of hydrogen-bond acceptors (Lipinski definition) is 2. The normalized spacial score (nSPS) is 16.6. The van der Waals surface area contributed by atoms with Crippen molar-refractivity contribution < 1.29 is 8.42 Å². The fraction of sp³-hybridized carbons (Fsp3) is 0. The second-order valence-corrected chi connectivity index (χ2v) is 7.09. The first-order chi connectivity index (χ1) is 9.59. The van der Waals surface area contributed by atoms with Crippen molar-refractivity contribution in [3.05, 3.63) is 81.7 Å². The summed E-state index contributed by atoms with van der Waals surface area (Å²) in [5.41, 5.74) is 2.59. The van der Waals surface area contributed by atoms with Gasteiger partial charge in [0.1, 0.15) is 0 Å². The molecule has 0 radical (unpaired) electrons. The molecule has 2 aromatic rings. The van der Waals surface area contributed by atoms with Gasteiger partial charge in [-0.05, 0) is 17.7 Å². The number of rotatable bonds is 1. The molecule has 0 spiro atoms. The predicted molar refractivity (Wildman–Crippen MR) is 84.2 cm³/mol. The highest BCUT2D eigenvalue weighted by Crippen LogP contribution is 2.37. The van der Waals surface area contributed by atoms with E-state index >= 15 is 0 Å². The van der Waals surface area contributed by atoms with E-state index in [9.17, 15) is 8.42 Å². The zero-order chi connectivity index (χ0) is 14.2. The first kappa shape index (κ1) is 13.3. The van der Waals surface area contributed by atoms with Crippen LogP contribution in [0.5, 0.6) is 0 Å². The summed E-state index contributed by atoms with van der Waals surface area (Å²) in [5, 5.41) is 1.24. The Morgan fingerprint density at radius 1 is 0.850 bits per heavy atom. The Morgan fingerprint density at radius 2 is 1.50 bits per heavy atom. The maximum absolute atomic E-state index is 12.3. The summed E-state index contributed by atoms with van der Waals surface area (Å²) in [4.78, 5) is 0.338. The van der Waals surface area contributed by atoms with Gasteiger partial charge >= 0.3 is 0 Å². The van der Waals surface area contributed by atoms with Gasteiger partial charge in [-0.25, -0.2) is 8.42 Å². The van der Waals surface area contributed by atoms with Gasteiger partial charge < -0.3 is 0 Å². The number of allylic oxidation sites excluding steroid dienone is 2. The third kappa shape index (κ3) is 2.25. The molecule has 0 fully saturated rings. The zero-order valence-corrected chi connectivity index (χ0v) is 12.9. The molecule has 1 aliphatic heterocycles. The topological polar surface area (TPSA) is 34.1 Å². The maximum atomic E-state index is 12.3. The molecule has 1 heterocycles. The van der Waals surface area contributed by atoms with Crippen molar-refractivity contribution in [3.63, 3.8) is 0 Å². The monoisotopic (exact) mass is 346 g/mol.